The Kier molecular flexibility index (Phi) is 7.23. The van der Waals surface area contributed by atoms with Crippen molar-refractivity contribution >= 4 is 40.6 Å². The molecule has 1 N–H and O–H groups in total. The summed E-state index contributed by atoms with van der Waals surface area (Å²) in [5, 5.41) is 2.77. The number of thiophene rings is 1. The Bertz CT molecular complexity index is 1270. The smallest absolute Gasteiger partial charge is 0.414 e. The van der Waals surface area contributed by atoms with Gasteiger partial charge in [-0.05, 0) is 42.8 Å². The summed E-state index contributed by atoms with van der Waals surface area (Å²) in [7, 11) is 1.52. The fourth-order valence-corrected chi connectivity index (χ4v) is 4.76. The Morgan fingerprint density at radius 1 is 1.24 bits per heavy atom. The van der Waals surface area contributed by atoms with Crippen molar-refractivity contribution in [2.75, 3.05) is 25.1 Å². The lowest BCUT2D eigenvalue weighted by molar-refractivity contribution is 0.0920. The normalized spacial score (nSPS) is 15.3. The average molecular weight is 502 g/mol. The number of carbonyl (C=O) groups is 2. The predicted molar refractivity (Wildman–Crippen MR) is 132 cm³/mol. The maximum atomic E-state index is 12.9. The molecule has 1 fully saturated rings. The zero-order chi connectivity index (χ0) is 24.2. The van der Waals surface area contributed by atoms with Crippen LogP contribution in [0.4, 0.5) is 10.5 Å². The number of aryl methyl sites for hydroxylation is 1. The number of hydrogen-bond donors (Lipinski definition) is 1. The van der Waals surface area contributed by atoms with Crippen molar-refractivity contribution in [2.24, 2.45) is 0 Å². The highest BCUT2D eigenvalue weighted by Gasteiger charge is 2.33. The van der Waals surface area contributed by atoms with Crippen LogP contribution in [0.2, 0.25) is 4.34 Å². The van der Waals surface area contributed by atoms with E-state index < -0.39 is 12.2 Å². The van der Waals surface area contributed by atoms with Gasteiger partial charge in [0.2, 0.25) is 0 Å². The molecule has 0 bridgehead atoms. The Morgan fingerprint density at radius 2 is 2.06 bits per heavy atom. The maximum Gasteiger partial charge on any atom is 0.414 e. The number of methoxy groups -OCH3 is 1. The molecular formula is C24H24ClN3O5S. The van der Waals surface area contributed by atoms with Gasteiger partial charge in [0.15, 0.2) is 0 Å². The van der Waals surface area contributed by atoms with Crippen LogP contribution in [0.15, 0.2) is 53.5 Å². The molecule has 1 aliphatic rings. The van der Waals surface area contributed by atoms with Crippen molar-refractivity contribution in [2.45, 2.75) is 26.0 Å². The van der Waals surface area contributed by atoms with Gasteiger partial charge in [-0.1, -0.05) is 18.5 Å². The Balaban J connectivity index is 1.49. The molecular weight excluding hydrogens is 478 g/mol. The van der Waals surface area contributed by atoms with Crippen molar-refractivity contribution < 1.29 is 19.1 Å². The summed E-state index contributed by atoms with van der Waals surface area (Å²) >= 11 is 7.06. The van der Waals surface area contributed by atoms with Crippen LogP contribution in [0.5, 0.6) is 5.75 Å². The number of amides is 2. The molecule has 0 aliphatic carbocycles. The molecule has 1 atom stereocenters. The topological polar surface area (TPSA) is 89.9 Å². The molecule has 3 aromatic rings. The van der Waals surface area contributed by atoms with Crippen molar-refractivity contribution in [1.82, 2.24) is 9.88 Å². The number of nitrogens with zero attached hydrogens (tertiary/aromatic N) is 2. The van der Waals surface area contributed by atoms with E-state index in [1.165, 1.54) is 23.3 Å². The quantitative estimate of drug-likeness (QED) is 0.494. The zero-order valence-corrected chi connectivity index (χ0v) is 20.3. The van der Waals surface area contributed by atoms with Crippen LogP contribution < -0.4 is 20.5 Å². The zero-order valence-electron chi connectivity index (χ0n) is 18.7. The number of carbonyl (C=O) groups excluding carboxylic acids is 2. The minimum atomic E-state index is -0.516. The van der Waals surface area contributed by atoms with E-state index in [1.807, 2.05) is 13.0 Å². The van der Waals surface area contributed by atoms with E-state index in [0.717, 1.165) is 6.42 Å². The van der Waals surface area contributed by atoms with Crippen molar-refractivity contribution in [3.63, 3.8) is 0 Å². The standard InChI is InChI=1S/C24H24ClN3O5S/c1-3-10-27-11-4-5-18(23(27)30)17-7-6-15(12-19(17)32-2)28-14-16(33-24(28)31)13-26-22(29)20-8-9-21(25)34-20/h4-9,11-12,16H,3,10,13-14H2,1-2H3,(H,26,29)/t16-/m0/s1. The third-order valence-electron chi connectivity index (χ3n) is 5.43. The molecule has 2 amide bonds. The summed E-state index contributed by atoms with van der Waals surface area (Å²) in [6.07, 6.45) is 1.59. The number of aromatic nitrogens is 1. The van der Waals surface area contributed by atoms with Crippen molar-refractivity contribution in [3.05, 3.63) is 68.2 Å². The molecule has 4 rings (SSSR count). The van der Waals surface area contributed by atoms with Crippen LogP contribution in [0.25, 0.3) is 11.1 Å². The molecule has 8 nitrogen and oxygen atoms in total. The number of ether oxygens (including phenoxy) is 2. The van der Waals surface area contributed by atoms with E-state index in [1.54, 1.807) is 47.2 Å². The highest BCUT2D eigenvalue weighted by atomic mass is 35.5. The van der Waals surface area contributed by atoms with Crippen LogP contribution in [0.1, 0.15) is 23.0 Å². The lowest BCUT2D eigenvalue weighted by atomic mass is 10.0. The van der Waals surface area contributed by atoms with Crippen LogP contribution in [-0.2, 0) is 11.3 Å². The third kappa shape index (κ3) is 4.95. The molecule has 3 heterocycles. The lowest BCUT2D eigenvalue weighted by Gasteiger charge is -2.17. The van der Waals surface area contributed by atoms with Gasteiger partial charge in [0, 0.05) is 24.4 Å². The number of anilines is 1. The molecule has 0 spiro atoms. The fraction of sp³-hybridized carbons (Fsp3) is 0.292. The van der Waals surface area contributed by atoms with Gasteiger partial charge in [-0.3, -0.25) is 14.5 Å². The minimum Gasteiger partial charge on any atom is -0.496 e. The van der Waals surface area contributed by atoms with E-state index >= 15 is 0 Å². The molecule has 1 saturated heterocycles. The van der Waals surface area contributed by atoms with Crippen LogP contribution >= 0.6 is 22.9 Å². The lowest BCUT2D eigenvalue weighted by Crippen LogP contribution is -2.34. The van der Waals surface area contributed by atoms with E-state index in [9.17, 15) is 14.4 Å². The number of rotatable bonds is 8. The van der Waals surface area contributed by atoms with Crippen LogP contribution in [0.3, 0.4) is 0 Å². The largest absolute Gasteiger partial charge is 0.496 e. The first kappa shape index (κ1) is 23.8. The van der Waals surface area contributed by atoms with E-state index in [4.69, 9.17) is 21.1 Å². The molecule has 0 radical (unpaired) electrons. The second-order valence-electron chi connectivity index (χ2n) is 7.74. The number of pyridine rings is 1. The van der Waals surface area contributed by atoms with Gasteiger partial charge in [-0.25, -0.2) is 4.79 Å². The van der Waals surface area contributed by atoms with E-state index in [0.29, 0.717) is 38.3 Å². The Morgan fingerprint density at radius 3 is 2.76 bits per heavy atom. The van der Waals surface area contributed by atoms with Gasteiger partial charge in [-0.2, -0.15) is 0 Å². The number of nitrogens with one attached hydrogen (secondary N) is 1. The molecule has 1 aliphatic heterocycles. The molecule has 0 saturated carbocycles. The summed E-state index contributed by atoms with van der Waals surface area (Å²) in [5.74, 6) is 0.206. The predicted octanol–water partition coefficient (Wildman–Crippen LogP) is 4.40. The first-order valence-electron chi connectivity index (χ1n) is 10.8. The van der Waals surface area contributed by atoms with E-state index in [2.05, 4.69) is 5.32 Å². The minimum absolute atomic E-state index is 0.0983. The molecule has 0 unspecified atom stereocenters. The molecule has 10 heteroatoms. The number of benzene rings is 1. The Hall–Kier alpha value is -3.30. The second kappa shape index (κ2) is 10.3. The number of cyclic esters (lactones) is 1. The third-order valence-corrected chi connectivity index (χ3v) is 6.66. The van der Waals surface area contributed by atoms with Crippen LogP contribution in [0, 0.1) is 0 Å². The van der Waals surface area contributed by atoms with Crippen molar-refractivity contribution in [1.29, 1.82) is 0 Å². The van der Waals surface area contributed by atoms with Gasteiger partial charge in [0.1, 0.15) is 11.9 Å². The summed E-state index contributed by atoms with van der Waals surface area (Å²) < 4.78 is 13.2. The fourth-order valence-electron chi connectivity index (χ4n) is 3.80. The monoisotopic (exact) mass is 501 g/mol. The van der Waals surface area contributed by atoms with Gasteiger partial charge in [-0.15, -0.1) is 11.3 Å². The Labute approximate surface area is 205 Å². The SMILES string of the molecule is CCCn1cccc(-c2ccc(N3C[C@H](CNC(=O)c4ccc(Cl)s4)OC3=O)cc2OC)c1=O. The highest BCUT2D eigenvalue weighted by molar-refractivity contribution is 7.18. The summed E-state index contributed by atoms with van der Waals surface area (Å²) in [6.45, 7) is 3.08. The van der Waals surface area contributed by atoms with E-state index in [-0.39, 0.29) is 24.6 Å². The van der Waals surface area contributed by atoms with Gasteiger partial charge >= 0.3 is 6.09 Å². The average Bonchev–Trinajstić information content (AvgIpc) is 3.44. The summed E-state index contributed by atoms with van der Waals surface area (Å²) in [4.78, 5) is 39.6. The first-order valence-corrected chi connectivity index (χ1v) is 12.0. The van der Waals surface area contributed by atoms with Gasteiger partial charge in [0.25, 0.3) is 11.5 Å². The van der Waals surface area contributed by atoms with Crippen LogP contribution in [-0.4, -0.2) is 42.9 Å². The molecule has 178 valence electrons. The van der Waals surface area contributed by atoms with Gasteiger partial charge in [0.05, 0.1) is 40.7 Å². The van der Waals surface area contributed by atoms with Gasteiger partial charge < -0.3 is 19.4 Å². The molecule has 34 heavy (non-hydrogen) atoms. The summed E-state index contributed by atoms with van der Waals surface area (Å²) in [5.41, 5.74) is 1.65. The molecule has 2 aromatic heterocycles. The highest BCUT2D eigenvalue weighted by Crippen LogP contribution is 2.33. The maximum absolute atomic E-state index is 12.9. The number of halogens is 1. The first-order chi connectivity index (χ1) is 16.4. The molecule has 1 aromatic carbocycles. The second-order valence-corrected chi connectivity index (χ2v) is 9.45. The summed E-state index contributed by atoms with van der Waals surface area (Å²) in [6, 6.07) is 12.1. The van der Waals surface area contributed by atoms with Crippen molar-refractivity contribution in [3.8, 4) is 16.9 Å². The number of hydrogen-bond acceptors (Lipinski definition) is 6.